The zero-order chi connectivity index (χ0) is 21.9. The van der Waals surface area contributed by atoms with E-state index >= 15 is 0 Å². The Kier molecular flexibility index (Phi) is 4.04. The number of nitrogens with zero attached hydrogens (tertiary/aromatic N) is 3. The van der Waals surface area contributed by atoms with E-state index in [4.69, 9.17) is 0 Å². The molecule has 1 heterocycles. The monoisotopic (exact) mass is 413 g/mol. The van der Waals surface area contributed by atoms with Crippen molar-refractivity contribution in [2.24, 2.45) is 0 Å². The van der Waals surface area contributed by atoms with Crippen molar-refractivity contribution in [3.63, 3.8) is 0 Å². The van der Waals surface area contributed by atoms with Gasteiger partial charge in [-0.1, -0.05) is 30.3 Å². The minimum Gasteiger partial charge on any atom is -0.384 e. The number of fused-ring (bicyclic) bond motifs is 4. The van der Waals surface area contributed by atoms with Crippen molar-refractivity contribution in [1.82, 2.24) is 4.98 Å². The molecule has 0 saturated carbocycles. The summed E-state index contributed by atoms with van der Waals surface area (Å²) in [5.41, 5.74) is 1.58. The van der Waals surface area contributed by atoms with E-state index in [0.717, 1.165) is 5.56 Å². The van der Waals surface area contributed by atoms with E-state index in [1.807, 2.05) is 12.1 Å². The van der Waals surface area contributed by atoms with E-state index in [2.05, 4.69) is 4.98 Å². The fourth-order valence-electron chi connectivity index (χ4n) is 4.33. The molecule has 1 N–H and O–H groups in total. The lowest BCUT2D eigenvalue weighted by Gasteiger charge is -2.13. The van der Waals surface area contributed by atoms with E-state index < -0.39 is 34.7 Å². The van der Waals surface area contributed by atoms with Gasteiger partial charge in [-0.3, -0.25) is 4.98 Å². The number of aliphatic hydroxyl groups excluding tert-OH is 1. The first kappa shape index (κ1) is 18.8. The van der Waals surface area contributed by atoms with Crippen LogP contribution in [0, 0.1) is 40.1 Å². The van der Waals surface area contributed by atoms with Gasteiger partial charge in [0, 0.05) is 34.0 Å². The molecular weight excluding hydrogens is 403 g/mol. The van der Waals surface area contributed by atoms with Crippen molar-refractivity contribution < 1.29 is 18.3 Å². The smallest absolute Gasteiger partial charge is 0.195 e. The first-order valence-corrected chi connectivity index (χ1v) is 9.19. The van der Waals surface area contributed by atoms with Crippen LogP contribution in [0.1, 0.15) is 28.4 Å². The Morgan fingerprint density at radius 1 is 0.935 bits per heavy atom. The number of nitriles is 2. The summed E-state index contributed by atoms with van der Waals surface area (Å²) >= 11 is 0. The lowest BCUT2D eigenvalue weighted by molar-refractivity contribution is 0.224. The summed E-state index contributed by atoms with van der Waals surface area (Å²) in [6, 6.07) is 14.7. The van der Waals surface area contributed by atoms with Crippen LogP contribution in [-0.2, 0) is 0 Å². The lowest BCUT2D eigenvalue weighted by Crippen LogP contribution is -2.00. The molecule has 5 rings (SSSR count). The molecule has 0 radical (unpaired) electrons. The van der Waals surface area contributed by atoms with Crippen LogP contribution in [0.5, 0.6) is 0 Å². The highest BCUT2D eigenvalue weighted by molar-refractivity contribution is 6.09. The second kappa shape index (κ2) is 6.66. The number of halogens is 3. The molecule has 4 nitrogen and oxygen atoms in total. The third-order valence-corrected chi connectivity index (χ3v) is 5.55. The molecule has 3 aromatic rings. The van der Waals surface area contributed by atoms with Crippen molar-refractivity contribution >= 4 is 11.1 Å². The van der Waals surface area contributed by atoms with E-state index in [9.17, 15) is 28.8 Å². The standard InChI is InChI=1S/C24H10F3N3O/c25-16-8-15-19(22(27)21(16)26)17(11(9-28)10-29)20(24(15)31)18-12-4-1-2-5-13(12)23-14(18)6-3-7-30-23/h1-8,24,31H/b20-18-. The Morgan fingerprint density at radius 2 is 1.61 bits per heavy atom. The Hall–Kier alpha value is -4.20. The summed E-state index contributed by atoms with van der Waals surface area (Å²) in [7, 11) is 0. The number of aliphatic hydroxyl groups is 1. The van der Waals surface area contributed by atoms with Gasteiger partial charge in [0.15, 0.2) is 17.5 Å². The second-order valence-corrected chi connectivity index (χ2v) is 7.06. The maximum absolute atomic E-state index is 14.9. The molecule has 2 aromatic carbocycles. The zero-order valence-electron chi connectivity index (χ0n) is 15.6. The van der Waals surface area contributed by atoms with Gasteiger partial charge in [-0.2, -0.15) is 10.5 Å². The van der Waals surface area contributed by atoms with Gasteiger partial charge in [0.05, 0.1) is 5.69 Å². The minimum atomic E-state index is -1.74. The maximum atomic E-state index is 14.9. The van der Waals surface area contributed by atoms with Crippen LogP contribution in [0.2, 0.25) is 0 Å². The van der Waals surface area contributed by atoms with E-state index in [1.54, 1.807) is 42.6 Å². The minimum absolute atomic E-state index is 0.0381. The van der Waals surface area contributed by atoms with Crippen molar-refractivity contribution in [2.45, 2.75) is 6.10 Å². The molecule has 148 valence electrons. The molecule has 0 aliphatic heterocycles. The third kappa shape index (κ3) is 2.41. The molecule has 0 saturated heterocycles. The first-order chi connectivity index (χ1) is 15.0. The SMILES string of the molecule is N#CC(C#N)=C1/C(=C2\c3ccccc3-c3ncccc32)C(O)c2cc(F)c(F)c(F)c21. The lowest BCUT2D eigenvalue weighted by atomic mass is 9.90. The number of hydrogen-bond acceptors (Lipinski definition) is 4. The topological polar surface area (TPSA) is 80.7 Å². The number of pyridine rings is 1. The summed E-state index contributed by atoms with van der Waals surface area (Å²) in [6.07, 6.45) is 0.0146. The fourth-order valence-corrected chi connectivity index (χ4v) is 4.33. The molecule has 2 aliphatic rings. The average Bonchev–Trinajstić information content (AvgIpc) is 3.26. The van der Waals surface area contributed by atoms with Gasteiger partial charge in [0.1, 0.15) is 23.8 Å². The number of rotatable bonds is 0. The quantitative estimate of drug-likeness (QED) is 0.331. The zero-order valence-corrected chi connectivity index (χ0v) is 15.6. The molecule has 0 amide bonds. The van der Waals surface area contributed by atoms with Gasteiger partial charge < -0.3 is 5.11 Å². The highest BCUT2D eigenvalue weighted by Crippen LogP contribution is 2.55. The summed E-state index contributed by atoms with van der Waals surface area (Å²) < 4.78 is 42.9. The number of allylic oxidation sites excluding steroid dienone is 1. The molecular formula is C24H10F3N3O. The van der Waals surface area contributed by atoms with Crippen molar-refractivity contribution in [2.75, 3.05) is 0 Å². The van der Waals surface area contributed by atoms with Gasteiger partial charge in [-0.05, 0) is 28.8 Å². The molecule has 1 aromatic heterocycles. The van der Waals surface area contributed by atoms with Gasteiger partial charge in [-0.15, -0.1) is 0 Å². The molecule has 1 atom stereocenters. The summed E-state index contributed by atoms with van der Waals surface area (Å²) in [5.74, 6) is -4.76. The Balaban J connectivity index is 1.99. The first-order valence-electron chi connectivity index (χ1n) is 9.19. The van der Waals surface area contributed by atoms with Crippen LogP contribution in [0.15, 0.2) is 59.8 Å². The summed E-state index contributed by atoms with van der Waals surface area (Å²) in [4.78, 5) is 4.40. The predicted molar refractivity (Wildman–Crippen MR) is 105 cm³/mol. The number of benzene rings is 2. The van der Waals surface area contributed by atoms with E-state index in [-0.39, 0.29) is 16.7 Å². The van der Waals surface area contributed by atoms with Crippen LogP contribution in [0.4, 0.5) is 13.2 Å². The highest BCUT2D eigenvalue weighted by atomic mass is 19.2. The van der Waals surface area contributed by atoms with Gasteiger partial charge in [-0.25, -0.2) is 13.2 Å². The molecule has 0 bridgehead atoms. The van der Waals surface area contributed by atoms with Crippen LogP contribution in [-0.4, -0.2) is 10.1 Å². The number of hydrogen-bond donors (Lipinski definition) is 1. The van der Waals surface area contributed by atoms with Gasteiger partial charge in [0.2, 0.25) is 0 Å². The molecule has 7 heteroatoms. The largest absolute Gasteiger partial charge is 0.384 e. The van der Waals surface area contributed by atoms with E-state index in [1.165, 1.54) is 0 Å². The molecule has 0 fully saturated rings. The maximum Gasteiger partial charge on any atom is 0.195 e. The Bertz CT molecular complexity index is 1390. The molecule has 31 heavy (non-hydrogen) atoms. The molecule has 2 aliphatic carbocycles. The molecule has 0 spiro atoms. The van der Waals surface area contributed by atoms with Crippen LogP contribution >= 0.6 is 0 Å². The average molecular weight is 413 g/mol. The van der Waals surface area contributed by atoms with Crippen molar-refractivity contribution in [3.05, 3.63) is 99.5 Å². The van der Waals surface area contributed by atoms with Gasteiger partial charge >= 0.3 is 0 Å². The third-order valence-electron chi connectivity index (χ3n) is 5.55. The normalized spacial score (nSPS) is 18.1. The van der Waals surface area contributed by atoms with Crippen molar-refractivity contribution in [1.29, 1.82) is 10.5 Å². The Labute approximate surface area is 174 Å². The second-order valence-electron chi connectivity index (χ2n) is 7.06. The summed E-state index contributed by atoms with van der Waals surface area (Å²) in [5, 5.41) is 30.2. The van der Waals surface area contributed by atoms with Crippen molar-refractivity contribution in [3.8, 4) is 23.4 Å². The Morgan fingerprint density at radius 3 is 2.32 bits per heavy atom. The molecule has 1 unspecified atom stereocenters. The van der Waals surface area contributed by atoms with Crippen LogP contribution in [0.25, 0.3) is 22.4 Å². The van der Waals surface area contributed by atoms with E-state index in [0.29, 0.717) is 28.5 Å². The predicted octanol–water partition coefficient (Wildman–Crippen LogP) is 4.83. The van der Waals surface area contributed by atoms with Crippen LogP contribution < -0.4 is 0 Å². The van der Waals surface area contributed by atoms with Gasteiger partial charge in [0.25, 0.3) is 0 Å². The highest BCUT2D eigenvalue weighted by Gasteiger charge is 2.41. The van der Waals surface area contributed by atoms with Crippen LogP contribution in [0.3, 0.4) is 0 Å². The fraction of sp³-hybridized carbons (Fsp3) is 0.0417. The summed E-state index contributed by atoms with van der Waals surface area (Å²) in [6.45, 7) is 0. The number of aromatic nitrogens is 1.